The molecule has 0 spiro atoms. The maximum Gasteiger partial charge on any atom is 0.290 e. The van der Waals surface area contributed by atoms with Crippen molar-refractivity contribution in [2.24, 2.45) is 0 Å². The Labute approximate surface area is 145 Å². The molecule has 0 bridgehead atoms. The number of nitrogens with zero attached hydrogens (tertiary/aromatic N) is 4. The Morgan fingerprint density at radius 1 is 1.20 bits per heavy atom. The zero-order valence-corrected chi connectivity index (χ0v) is 13.9. The highest BCUT2D eigenvalue weighted by Gasteiger charge is 2.31. The number of aromatic nitrogens is 3. The quantitative estimate of drug-likeness (QED) is 0.689. The average Bonchev–Trinajstić information content (AvgIpc) is 3.21. The van der Waals surface area contributed by atoms with Crippen LogP contribution < -0.4 is 0 Å². The van der Waals surface area contributed by atoms with Crippen molar-refractivity contribution >= 4 is 17.4 Å². The van der Waals surface area contributed by atoms with Gasteiger partial charge >= 0.3 is 0 Å². The van der Waals surface area contributed by atoms with Crippen LogP contribution in [-0.4, -0.2) is 62.4 Å². The van der Waals surface area contributed by atoms with Crippen LogP contribution >= 0.6 is 0 Å². The van der Waals surface area contributed by atoms with Crippen molar-refractivity contribution < 1.29 is 15.0 Å². The van der Waals surface area contributed by atoms with Gasteiger partial charge in [-0.1, -0.05) is 18.2 Å². The second-order valence-corrected chi connectivity index (χ2v) is 6.03. The fourth-order valence-electron chi connectivity index (χ4n) is 3.24. The second kappa shape index (κ2) is 7.42. The van der Waals surface area contributed by atoms with Gasteiger partial charge in [0.15, 0.2) is 0 Å². The molecule has 2 aromatic heterocycles. The summed E-state index contributed by atoms with van der Waals surface area (Å²) in [7, 11) is 2.03. The Hall–Kier alpha value is -2.77. The number of fused-ring (bicyclic) bond motifs is 1. The lowest BCUT2D eigenvalue weighted by Gasteiger charge is -2.18. The molecular weight excluding hydrogens is 320 g/mol. The zero-order valence-electron chi connectivity index (χ0n) is 13.9. The highest BCUT2D eigenvalue weighted by Crippen LogP contribution is 2.28. The highest BCUT2D eigenvalue weighted by atomic mass is 16.3. The van der Waals surface area contributed by atoms with Gasteiger partial charge in [-0.3, -0.25) is 9.78 Å². The Bertz CT molecular complexity index is 864. The molecule has 2 atom stereocenters. The number of imidazole rings is 1. The number of aliphatic hydroxyl groups is 1. The highest BCUT2D eigenvalue weighted by molar-refractivity contribution is 5.82. The maximum atomic E-state index is 10.3. The number of carbonyl (C=O) groups is 1. The zero-order chi connectivity index (χ0) is 17.8. The number of β-amino-alcohol motifs (C(OH)–C–C–N with tert-alkyl or cyclic N) is 1. The van der Waals surface area contributed by atoms with E-state index in [-0.39, 0.29) is 18.6 Å². The van der Waals surface area contributed by atoms with Gasteiger partial charge in [0.2, 0.25) is 0 Å². The van der Waals surface area contributed by atoms with E-state index in [4.69, 9.17) is 9.90 Å². The number of aliphatic hydroxyl groups excluding tert-OH is 1. The first-order valence-corrected chi connectivity index (χ1v) is 7.96. The Morgan fingerprint density at radius 3 is 2.72 bits per heavy atom. The summed E-state index contributed by atoms with van der Waals surface area (Å²) in [5.41, 5.74) is 1.98. The number of benzene rings is 1. The molecule has 3 heterocycles. The summed E-state index contributed by atoms with van der Waals surface area (Å²) in [6.45, 7) is 1.28. The monoisotopic (exact) mass is 340 g/mol. The fraction of sp³-hybridized carbons (Fsp3) is 0.278. The van der Waals surface area contributed by atoms with E-state index >= 15 is 0 Å². The molecule has 0 aliphatic carbocycles. The van der Waals surface area contributed by atoms with Crippen molar-refractivity contribution in [3.05, 3.63) is 48.9 Å². The third-order valence-electron chi connectivity index (χ3n) is 4.33. The average molecular weight is 340 g/mol. The van der Waals surface area contributed by atoms with Gasteiger partial charge in [-0.15, -0.1) is 0 Å². The van der Waals surface area contributed by atoms with E-state index < -0.39 is 0 Å². The van der Waals surface area contributed by atoms with Gasteiger partial charge in [-0.25, -0.2) is 4.98 Å². The van der Waals surface area contributed by atoms with Crippen LogP contribution in [0, 0.1) is 0 Å². The van der Waals surface area contributed by atoms with Crippen molar-refractivity contribution in [2.75, 3.05) is 20.1 Å². The van der Waals surface area contributed by atoms with Crippen LogP contribution in [0.4, 0.5) is 0 Å². The first kappa shape index (κ1) is 17.1. The van der Waals surface area contributed by atoms with E-state index in [9.17, 15) is 5.11 Å². The van der Waals surface area contributed by atoms with Crippen molar-refractivity contribution in [1.29, 1.82) is 0 Å². The number of hydrogen-bond donors (Lipinski definition) is 2. The molecule has 7 heteroatoms. The normalized spacial score (nSPS) is 20.2. The molecule has 0 unspecified atom stereocenters. The van der Waals surface area contributed by atoms with Crippen LogP contribution in [0.15, 0.2) is 48.9 Å². The minimum atomic E-state index is -0.364. The van der Waals surface area contributed by atoms with Crippen molar-refractivity contribution in [3.8, 4) is 11.4 Å². The molecule has 0 amide bonds. The standard InChI is InChI=1S/C17H18N4O.CH2O2/c1-20-10-15(16(22)11-20)21-8-7-19-17(21)13-5-4-12-3-2-6-18-14(12)9-13;2-1-3/h2-9,15-16,22H,10-11H2,1H3;1H,(H,2,3)/t15-,16-;/m1./s1. The molecule has 2 N–H and O–H groups in total. The van der Waals surface area contributed by atoms with E-state index in [1.165, 1.54) is 0 Å². The van der Waals surface area contributed by atoms with Crippen molar-refractivity contribution in [3.63, 3.8) is 0 Å². The molecule has 3 aromatic rings. The van der Waals surface area contributed by atoms with Crippen LogP contribution in [0.1, 0.15) is 6.04 Å². The minimum absolute atomic E-state index is 0.0435. The minimum Gasteiger partial charge on any atom is -0.483 e. The lowest BCUT2D eigenvalue weighted by Crippen LogP contribution is -2.22. The van der Waals surface area contributed by atoms with Gasteiger partial charge in [-0.05, 0) is 19.2 Å². The molecule has 4 rings (SSSR count). The SMILES string of the molecule is CN1C[C@@H](O)[C@H](n2ccnc2-c2ccc3cccnc3c2)C1.O=CO. The topological polar surface area (TPSA) is 91.5 Å². The molecule has 7 nitrogen and oxygen atoms in total. The number of likely N-dealkylation sites (N-methyl/N-ethyl adjacent to an activating group) is 1. The third-order valence-corrected chi connectivity index (χ3v) is 4.33. The molecule has 1 aromatic carbocycles. The first-order chi connectivity index (χ1) is 12.1. The van der Waals surface area contributed by atoms with Crippen LogP contribution in [0.2, 0.25) is 0 Å². The van der Waals surface area contributed by atoms with Crippen LogP contribution in [0.25, 0.3) is 22.3 Å². The molecule has 1 fully saturated rings. The summed E-state index contributed by atoms with van der Waals surface area (Å²) in [5, 5.41) is 18.3. The molecule has 130 valence electrons. The first-order valence-electron chi connectivity index (χ1n) is 7.96. The summed E-state index contributed by atoms with van der Waals surface area (Å²) in [5.74, 6) is 0.881. The van der Waals surface area contributed by atoms with E-state index in [1.54, 1.807) is 12.4 Å². The summed E-state index contributed by atoms with van der Waals surface area (Å²) < 4.78 is 2.08. The molecule has 1 aliphatic heterocycles. The summed E-state index contributed by atoms with van der Waals surface area (Å²) in [6, 6.07) is 10.2. The largest absolute Gasteiger partial charge is 0.483 e. The maximum absolute atomic E-state index is 10.3. The van der Waals surface area contributed by atoms with E-state index in [0.29, 0.717) is 6.54 Å². The van der Waals surface area contributed by atoms with Gasteiger partial charge in [0.05, 0.1) is 17.7 Å². The predicted molar refractivity (Wildman–Crippen MR) is 94.2 cm³/mol. The number of likely N-dealkylation sites (tertiary alicyclic amines) is 1. The lowest BCUT2D eigenvalue weighted by molar-refractivity contribution is -0.122. The molecule has 1 saturated heterocycles. The van der Waals surface area contributed by atoms with E-state index in [1.807, 2.05) is 25.4 Å². The molecule has 1 aliphatic rings. The summed E-state index contributed by atoms with van der Waals surface area (Å²) in [6.07, 6.45) is 5.18. The molecule has 25 heavy (non-hydrogen) atoms. The van der Waals surface area contributed by atoms with Gasteiger partial charge < -0.3 is 19.7 Å². The van der Waals surface area contributed by atoms with Gasteiger partial charge in [-0.2, -0.15) is 0 Å². The van der Waals surface area contributed by atoms with Crippen LogP contribution in [0.3, 0.4) is 0 Å². The molecule has 0 radical (unpaired) electrons. The van der Waals surface area contributed by atoms with Gasteiger partial charge in [0.25, 0.3) is 6.47 Å². The lowest BCUT2D eigenvalue weighted by atomic mass is 10.1. The third kappa shape index (κ3) is 3.52. The van der Waals surface area contributed by atoms with Gasteiger partial charge in [0.1, 0.15) is 5.82 Å². The number of carboxylic acid groups (broad SMARTS) is 1. The molecule has 0 saturated carbocycles. The Balaban J connectivity index is 0.000000569. The van der Waals surface area contributed by atoms with E-state index in [2.05, 4.69) is 37.6 Å². The Morgan fingerprint density at radius 2 is 2.00 bits per heavy atom. The summed E-state index contributed by atoms with van der Waals surface area (Å²) in [4.78, 5) is 19.4. The summed E-state index contributed by atoms with van der Waals surface area (Å²) >= 11 is 0. The van der Waals surface area contributed by atoms with Crippen LogP contribution in [0.5, 0.6) is 0 Å². The van der Waals surface area contributed by atoms with Crippen molar-refractivity contribution in [1.82, 2.24) is 19.4 Å². The number of rotatable bonds is 2. The predicted octanol–water partition coefficient (Wildman–Crippen LogP) is 1.65. The van der Waals surface area contributed by atoms with E-state index in [0.717, 1.165) is 28.8 Å². The van der Waals surface area contributed by atoms with Crippen molar-refractivity contribution in [2.45, 2.75) is 12.1 Å². The smallest absolute Gasteiger partial charge is 0.290 e. The second-order valence-electron chi connectivity index (χ2n) is 6.03. The van der Waals surface area contributed by atoms with Crippen LogP contribution in [-0.2, 0) is 4.79 Å². The number of pyridine rings is 1. The fourth-order valence-corrected chi connectivity index (χ4v) is 3.24. The number of hydrogen-bond acceptors (Lipinski definition) is 5. The van der Waals surface area contributed by atoms with Gasteiger partial charge in [0, 0.05) is 42.6 Å². The Kier molecular flexibility index (Phi) is 5.06. The molecular formula is C18H20N4O3.